The molecule has 0 radical (unpaired) electrons. The van der Waals surface area contributed by atoms with Crippen LogP contribution in [0.1, 0.15) is 70.4 Å². The molecular weight excluding hydrogens is 390 g/mol. The Labute approximate surface area is 182 Å². The molecule has 0 bridgehead atoms. The van der Waals surface area contributed by atoms with E-state index in [1.54, 1.807) is 32.0 Å². The van der Waals surface area contributed by atoms with Crippen LogP contribution >= 0.6 is 0 Å². The van der Waals surface area contributed by atoms with Gasteiger partial charge in [-0.2, -0.15) is 0 Å². The van der Waals surface area contributed by atoms with Gasteiger partial charge in [-0.1, -0.05) is 18.2 Å². The van der Waals surface area contributed by atoms with Gasteiger partial charge in [-0.05, 0) is 91.8 Å². The predicted molar refractivity (Wildman–Crippen MR) is 122 cm³/mol. The maximum Gasteiger partial charge on any atom is 0.345 e. The predicted octanol–water partition coefficient (Wildman–Crippen LogP) is 3.84. The van der Waals surface area contributed by atoms with Crippen LogP contribution in [0.15, 0.2) is 29.3 Å². The zero-order valence-corrected chi connectivity index (χ0v) is 18.1. The second kappa shape index (κ2) is 8.27. The maximum absolute atomic E-state index is 12.6. The number of rotatable bonds is 5. The van der Waals surface area contributed by atoms with E-state index in [1.807, 2.05) is 0 Å². The molecule has 0 saturated heterocycles. The molecule has 2 aromatic carbocycles. The number of nitrogens with zero attached hydrogens (tertiary/aromatic N) is 1. The van der Waals surface area contributed by atoms with Crippen molar-refractivity contribution in [3.05, 3.63) is 63.2 Å². The van der Waals surface area contributed by atoms with E-state index in [9.17, 15) is 14.7 Å². The van der Waals surface area contributed by atoms with Gasteiger partial charge in [-0.15, -0.1) is 0 Å². The van der Waals surface area contributed by atoms with E-state index in [0.717, 1.165) is 44.2 Å². The van der Waals surface area contributed by atoms with Gasteiger partial charge < -0.3 is 16.2 Å². The minimum Gasteiger partial charge on any atom is -0.386 e. The summed E-state index contributed by atoms with van der Waals surface area (Å²) < 4.78 is 0. The van der Waals surface area contributed by atoms with E-state index < -0.39 is 17.5 Å². The van der Waals surface area contributed by atoms with E-state index >= 15 is 0 Å². The Bertz CT molecular complexity index is 1050. The molecule has 0 aromatic heterocycles. The summed E-state index contributed by atoms with van der Waals surface area (Å²) in [6.45, 7) is 3.35. The average Bonchev–Trinajstić information content (AvgIpc) is 3.36. The monoisotopic (exact) mass is 419 g/mol. The van der Waals surface area contributed by atoms with Crippen molar-refractivity contribution in [2.75, 3.05) is 5.32 Å². The highest BCUT2D eigenvalue weighted by Gasteiger charge is 2.25. The van der Waals surface area contributed by atoms with Crippen LogP contribution in [0, 0.1) is 0 Å². The number of benzene rings is 2. The van der Waals surface area contributed by atoms with Crippen molar-refractivity contribution in [1.29, 1.82) is 0 Å². The molecule has 3 amide bonds. The topological polar surface area (TPSA) is 105 Å². The van der Waals surface area contributed by atoms with Crippen LogP contribution in [-0.2, 0) is 37.7 Å². The lowest BCUT2D eigenvalue weighted by Crippen LogP contribution is -2.19. The van der Waals surface area contributed by atoms with E-state index in [-0.39, 0.29) is 6.42 Å². The van der Waals surface area contributed by atoms with Gasteiger partial charge in [0.15, 0.2) is 0 Å². The lowest BCUT2D eigenvalue weighted by atomic mass is 9.93. The summed E-state index contributed by atoms with van der Waals surface area (Å²) in [5.41, 5.74) is 12.3. The number of nitrogens with one attached hydrogen (secondary N) is 1. The van der Waals surface area contributed by atoms with E-state index in [1.165, 1.54) is 28.5 Å². The minimum atomic E-state index is -1.05. The standard InChI is InChI=1S/C25H29N3O3/c1-25(2,31)18-9-10-21(23(26)29)17(14-18)11-12-27-24(30)28-22-19-7-3-5-15(19)13-16-6-4-8-20(16)22/h9-10,12-14,31H,3-8,11H2,1-2H3,(H2,26,29)(H,28,30)/b27-12+. The molecule has 0 atom stereocenters. The molecule has 4 N–H and O–H groups in total. The first-order chi connectivity index (χ1) is 14.7. The van der Waals surface area contributed by atoms with Crippen molar-refractivity contribution < 1.29 is 14.7 Å². The van der Waals surface area contributed by atoms with Crippen LogP contribution in [-0.4, -0.2) is 23.3 Å². The fraction of sp³-hybridized carbons (Fsp3) is 0.400. The van der Waals surface area contributed by atoms with Gasteiger partial charge in [0, 0.05) is 23.9 Å². The number of carbonyl (C=O) groups excluding carboxylic acids is 2. The maximum atomic E-state index is 12.6. The molecular formula is C25H29N3O3. The zero-order chi connectivity index (χ0) is 22.2. The highest BCUT2D eigenvalue weighted by molar-refractivity contribution is 5.98. The summed E-state index contributed by atoms with van der Waals surface area (Å²) in [7, 11) is 0. The molecule has 0 saturated carbocycles. The molecule has 0 spiro atoms. The number of fused-ring (bicyclic) bond motifs is 2. The number of anilines is 1. The molecule has 0 fully saturated rings. The third kappa shape index (κ3) is 4.39. The lowest BCUT2D eigenvalue weighted by Gasteiger charge is -2.19. The molecule has 0 heterocycles. The summed E-state index contributed by atoms with van der Waals surface area (Å²) >= 11 is 0. The first kappa shape index (κ1) is 21.2. The van der Waals surface area contributed by atoms with Crippen LogP contribution in [0.5, 0.6) is 0 Å². The van der Waals surface area contributed by atoms with E-state index in [2.05, 4.69) is 16.4 Å². The number of amides is 3. The molecule has 0 aliphatic heterocycles. The fourth-order valence-electron chi connectivity index (χ4n) is 4.72. The lowest BCUT2D eigenvalue weighted by molar-refractivity contribution is 0.0783. The molecule has 2 aromatic rings. The largest absolute Gasteiger partial charge is 0.386 e. The molecule has 6 nitrogen and oxygen atoms in total. The number of hydrogen-bond acceptors (Lipinski definition) is 3. The second-order valence-electron chi connectivity index (χ2n) is 8.98. The number of primary amides is 1. The number of aliphatic imine (C=N–C) groups is 1. The number of carbonyl (C=O) groups is 2. The number of urea groups is 1. The van der Waals surface area contributed by atoms with Gasteiger partial charge in [0.1, 0.15) is 0 Å². The van der Waals surface area contributed by atoms with Crippen molar-refractivity contribution in [1.82, 2.24) is 0 Å². The SMILES string of the molecule is CC(C)(O)c1ccc(C(N)=O)c(C/C=N/C(=O)Nc2c3c(cc4c2CCC4)CCC3)c1. The average molecular weight is 420 g/mol. The Morgan fingerprint density at radius 1 is 1.10 bits per heavy atom. The smallest absolute Gasteiger partial charge is 0.345 e. The van der Waals surface area contributed by atoms with Crippen molar-refractivity contribution in [3.63, 3.8) is 0 Å². The van der Waals surface area contributed by atoms with Crippen molar-refractivity contribution in [2.45, 2.75) is 64.4 Å². The van der Waals surface area contributed by atoms with Crippen molar-refractivity contribution in [2.24, 2.45) is 10.7 Å². The summed E-state index contributed by atoms with van der Waals surface area (Å²) in [6, 6.07) is 6.94. The molecule has 31 heavy (non-hydrogen) atoms. The van der Waals surface area contributed by atoms with Gasteiger partial charge in [0.2, 0.25) is 5.91 Å². The fourth-order valence-corrected chi connectivity index (χ4v) is 4.72. The summed E-state index contributed by atoms with van der Waals surface area (Å²) in [5.74, 6) is -0.550. The first-order valence-corrected chi connectivity index (χ1v) is 10.9. The number of nitrogens with two attached hydrogens (primary N) is 1. The van der Waals surface area contributed by atoms with Gasteiger partial charge in [-0.25, -0.2) is 9.79 Å². The van der Waals surface area contributed by atoms with Crippen LogP contribution in [0.3, 0.4) is 0 Å². The number of aryl methyl sites for hydroxylation is 2. The van der Waals surface area contributed by atoms with E-state index in [0.29, 0.717) is 16.7 Å². The summed E-state index contributed by atoms with van der Waals surface area (Å²) in [5, 5.41) is 13.3. The molecule has 4 rings (SSSR count). The van der Waals surface area contributed by atoms with Gasteiger partial charge >= 0.3 is 6.03 Å². The van der Waals surface area contributed by atoms with Crippen LogP contribution < -0.4 is 11.1 Å². The molecule has 2 aliphatic rings. The number of aliphatic hydroxyl groups is 1. The number of hydrogen-bond donors (Lipinski definition) is 3. The van der Waals surface area contributed by atoms with Crippen molar-refractivity contribution in [3.8, 4) is 0 Å². The van der Waals surface area contributed by atoms with Gasteiger partial charge in [0.05, 0.1) is 5.60 Å². The minimum absolute atomic E-state index is 0.265. The summed E-state index contributed by atoms with van der Waals surface area (Å²) in [4.78, 5) is 28.4. The Balaban J connectivity index is 1.53. The molecule has 162 valence electrons. The van der Waals surface area contributed by atoms with Gasteiger partial charge in [0.25, 0.3) is 0 Å². The highest BCUT2D eigenvalue weighted by Crippen LogP contribution is 2.38. The third-order valence-electron chi connectivity index (χ3n) is 6.30. The highest BCUT2D eigenvalue weighted by atomic mass is 16.3. The zero-order valence-electron chi connectivity index (χ0n) is 18.1. The normalized spacial score (nSPS) is 15.2. The Morgan fingerprint density at radius 2 is 1.74 bits per heavy atom. The Morgan fingerprint density at radius 3 is 2.32 bits per heavy atom. The molecule has 2 aliphatic carbocycles. The van der Waals surface area contributed by atoms with Crippen LogP contribution in [0.2, 0.25) is 0 Å². The Hall–Kier alpha value is -2.99. The molecule has 0 unspecified atom stereocenters. The second-order valence-corrected chi connectivity index (χ2v) is 8.98. The Kier molecular flexibility index (Phi) is 5.67. The third-order valence-corrected chi connectivity index (χ3v) is 6.30. The summed E-state index contributed by atoms with van der Waals surface area (Å²) in [6.07, 6.45) is 8.14. The van der Waals surface area contributed by atoms with Crippen molar-refractivity contribution >= 4 is 23.8 Å². The van der Waals surface area contributed by atoms with Crippen LogP contribution in [0.4, 0.5) is 10.5 Å². The van der Waals surface area contributed by atoms with Crippen LogP contribution in [0.25, 0.3) is 0 Å². The first-order valence-electron chi connectivity index (χ1n) is 10.9. The molecule has 6 heteroatoms. The van der Waals surface area contributed by atoms with Gasteiger partial charge in [-0.3, -0.25) is 4.79 Å². The quantitative estimate of drug-likeness (QED) is 0.641. The van der Waals surface area contributed by atoms with E-state index in [4.69, 9.17) is 5.73 Å².